The van der Waals surface area contributed by atoms with Gasteiger partial charge in [0.25, 0.3) is 5.56 Å². The van der Waals surface area contributed by atoms with Crippen molar-refractivity contribution in [2.45, 2.75) is 6.92 Å². The van der Waals surface area contributed by atoms with E-state index in [-0.39, 0.29) is 5.56 Å². The van der Waals surface area contributed by atoms with Crippen molar-refractivity contribution >= 4 is 11.9 Å². The Morgan fingerprint density at radius 3 is 2.86 bits per heavy atom. The molecule has 1 rings (SSSR count). The molecule has 0 saturated heterocycles. The van der Waals surface area contributed by atoms with Crippen LogP contribution in [0.4, 0.5) is 5.82 Å². The molecule has 0 aliphatic carbocycles. The number of pyridine rings is 1. The van der Waals surface area contributed by atoms with Crippen molar-refractivity contribution in [1.29, 1.82) is 0 Å². The van der Waals surface area contributed by atoms with Gasteiger partial charge in [-0.1, -0.05) is 24.8 Å². The van der Waals surface area contributed by atoms with Gasteiger partial charge in [0.2, 0.25) is 0 Å². The van der Waals surface area contributed by atoms with Crippen LogP contribution in [0, 0.1) is 6.92 Å². The van der Waals surface area contributed by atoms with E-state index in [1.807, 2.05) is 18.2 Å². The lowest BCUT2D eigenvalue weighted by atomic mass is 10.2. The summed E-state index contributed by atoms with van der Waals surface area (Å²) in [6.07, 6.45) is 5.41. The number of hydrogen-bond donors (Lipinski definition) is 2. The molecule has 3 heteroatoms. The first-order valence-corrected chi connectivity index (χ1v) is 4.40. The monoisotopic (exact) mass is 190 g/mol. The number of hydrogen-bond acceptors (Lipinski definition) is 2. The van der Waals surface area contributed by atoms with Gasteiger partial charge in [-0.15, -0.1) is 0 Å². The molecule has 0 aromatic carbocycles. The van der Waals surface area contributed by atoms with Gasteiger partial charge in [0.05, 0.1) is 0 Å². The largest absolute Gasteiger partial charge is 0.374 e. The fourth-order valence-electron chi connectivity index (χ4n) is 1.17. The molecule has 0 bridgehead atoms. The van der Waals surface area contributed by atoms with Crippen molar-refractivity contribution in [3.8, 4) is 0 Å². The summed E-state index contributed by atoms with van der Waals surface area (Å²) in [7, 11) is 1.77. The lowest BCUT2D eigenvalue weighted by Crippen LogP contribution is -2.12. The lowest BCUT2D eigenvalue weighted by molar-refractivity contribution is 1.16. The second-order valence-corrected chi connectivity index (χ2v) is 2.96. The van der Waals surface area contributed by atoms with Gasteiger partial charge >= 0.3 is 0 Å². The summed E-state index contributed by atoms with van der Waals surface area (Å²) in [5, 5.41) is 2.93. The summed E-state index contributed by atoms with van der Waals surface area (Å²) in [6, 6.07) is 1.84. The number of nitrogens with one attached hydrogen (secondary N) is 2. The maximum atomic E-state index is 11.3. The number of aryl methyl sites for hydroxylation is 1. The van der Waals surface area contributed by atoms with E-state index in [1.165, 1.54) is 0 Å². The third-order valence-electron chi connectivity index (χ3n) is 1.92. The maximum absolute atomic E-state index is 11.3. The first kappa shape index (κ1) is 10.3. The van der Waals surface area contributed by atoms with Crippen LogP contribution < -0.4 is 10.9 Å². The molecule has 0 atom stereocenters. The first-order valence-electron chi connectivity index (χ1n) is 4.40. The summed E-state index contributed by atoms with van der Waals surface area (Å²) >= 11 is 0. The fraction of sp³-hybridized carbons (Fsp3) is 0.182. The van der Waals surface area contributed by atoms with Gasteiger partial charge in [-0.05, 0) is 13.0 Å². The van der Waals surface area contributed by atoms with E-state index >= 15 is 0 Å². The van der Waals surface area contributed by atoms with Crippen molar-refractivity contribution in [1.82, 2.24) is 4.98 Å². The highest BCUT2D eigenvalue weighted by atomic mass is 16.1. The number of allylic oxidation sites excluding steroid dienone is 2. The molecule has 74 valence electrons. The maximum Gasteiger partial charge on any atom is 0.252 e. The molecule has 1 aromatic rings. The van der Waals surface area contributed by atoms with Crippen molar-refractivity contribution in [3.63, 3.8) is 0 Å². The van der Waals surface area contributed by atoms with Gasteiger partial charge in [0, 0.05) is 18.2 Å². The van der Waals surface area contributed by atoms with Crippen molar-refractivity contribution in [2.75, 3.05) is 12.4 Å². The molecule has 0 radical (unpaired) electrons. The quantitative estimate of drug-likeness (QED) is 0.715. The Kier molecular flexibility index (Phi) is 3.29. The predicted molar refractivity (Wildman–Crippen MR) is 60.6 cm³/mol. The topological polar surface area (TPSA) is 44.9 Å². The third-order valence-corrected chi connectivity index (χ3v) is 1.92. The predicted octanol–water partition coefficient (Wildman–Crippen LogP) is 1.92. The standard InChI is InChI=1S/C11H14N2O/c1-4-5-6-9-7-8(2)11(14)13-10(9)12-3/h4-7H,1H2,2-3H3,(H2,12,13,14)/b6-5-. The molecule has 0 saturated carbocycles. The van der Waals surface area contributed by atoms with Gasteiger partial charge in [0.1, 0.15) is 5.82 Å². The summed E-state index contributed by atoms with van der Waals surface area (Å²) in [5.74, 6) is 0.721. The van der Waals surface area contributed by atoms with E-state index in [2.05, 4.69) is 16.9 Å². The highest BCUT2D eigenvalue weighted by Crippen LogP contribution is 2.12. The number of anilines is 1. The third kappa shape index (κ3) is 2.13. The van der Waals surface area contributed by atoms with Crippen LogP contribution in [0.2, 0.25) is 0 Å². The van der Waals surface area contributed by atoms with Crippen LogP contribution >= 0.6 is 0 Å². The second-order valence-electron chi connectivity index (χ2n) is 2.96. The zero-order valence-electron chi connectivity index (χ0n) is 8.42. The minimum Gasteiger partial charge on any atom is -0.374 e. The highest BCUT2D eigenvalue weighted by molar-refractivity contribution is 5.64. The van der Waals surface area contributed by atoms with Crippen LogP contribution in [-0.4, -0.2) is 12.0 Å². The molecule has 0 spiro atoms. The summed E-state index contributed by atoms with van der Waals surface area (Å²) < 4.78 is 0. The van der Waals surface area contributed by atoms with Gasteiger partial charge in [-0.3, -0.25) is 4.79 Å². The van der Waals surface area contributed by atoms with Gasteiger partial charge in [0.15, 0.2) is 0 Å². The van der Waals surface area contributed by atoms with Crippen LogP contribution in [0.5, 0.6) is 0 Å². The van der Waals surface area contributed by atoms with Gasteiger partial charge in [-0.2, -0.15) is 0 Å². The molecular formula is C11H14N2O. The Bertz CT molecular complexity index is 416. The normalized spacial score (nSPS) is 10.4. The van der Waals surface area contributed by atoms with E-state index < -0.39 is 0 Å². The molecule has 3 nitrogen and oxygen atoms in total. The van der Waals surface area contributed by atoms with Crippen LogP contribution in [-0.2, 0) is 0 Å². The van der Waals surface area contributed by atoms with Crippen molar-refractivity contribution in [3.05, 3.63) is 46.3 Å². The molecule has 0 unspecified atom stereocenters. The smallest absolute Gasteiger partial charge is 0.252 e. The average Bonchev–Trinajstić information content (AvgIpc) is 2.19. The molecule has 0 aliphatic rings. The van der Waals surface area contributed by atoms with Crippen LogP contribution in [0.15, 0.2) is 29.6 Å². The van der Waals surface area contributed by atoms with Crippen LogP contribution in [0.3, 0.4) is 0 Å². The van der Waals surface area contributed by atoms with Crippen LogP contribution in [0.1, 0.15) is 11.1 Å². The zero-order valence-corrected chi connectivity index (χ0v) is 8.42. The van der Waals surface area contributed by atoms with E-state index in [4.69, 9.17) is 0 Å². The molecule has 1 heterocycles. The summed E-state index contributed by atoms with van der Waals surface area (Å²) in [6.45, 7) is 5.37. The minimum absolute atomic E-state index is 0.0647. The Morgan fingerprint density at radius 1 is 1.57 bits per heavy atom. The molecule has 14 heavy (non-hydrogen) atoms. The fourth-order valence-corrected chi connectivity index (χ4v) is 1.17. The van der Waals surface area contributed by atoms with E-state index in [0.717, 1.165) is 11.4 Å². The molecule has 0 amide bonds. The molecule has 2 N–H and O–H groups in total. The average molecular weight is 190 g/mol. The first-order chi connectivity index (χ1) is 6.69. The number of H-pyrrole nitrogens is 1. The van der Waals surface area contributed by atoms with Gasteiger partial charge < -0.3 is 10.3 Å². The van der Waals surface area contributed by atoms with E-state index in [0.29, 0.717) is 5.56 Å². The number of rotatable bonds is 3. The Balaban J connectivity index is 3.26. The van der Waals surface area contributed by atoms with Crippen LogP contribution in [0.25, 0.3) is 6.08 Å². The lowest BCUT2D eigenvalue weighted by Gasteiger charge is -2.05. The van der Waals surface area contributed by atoms with Crippen molar-refractivity contribution < 1.29 is 0 Å². The SMILES string of the molecule is C=C/C=C\c1cc(C)c(=O)[nH]c1NC. The van der Waals surface area contributed by atoms with E-state index in [9.17, 15) is 4.79 Å². The summed E-state index contributed by atoms with van der Waals surface area (Å²) in [5.41, 5.74) is 1.59. The highest BCUT2D eigenvalue weighted by Gasteiger charge is 2.00. The minimum atomic E-state index is -0.0647. The number of aromatic nitrogens is 1. The summed E-state index contributed by atoms with van der Waals surface area (Å²) in [4.78, 5) is 14.0. The molecule has 0 aliphatic heterocycles. The molecule has 1 aromatic heterocycles. The van der Waals surface area contributed by atoms with E-state index in [1.54, 1.807) is 20.0 Å². The van der Waals surface area contributed by atoms with Gasteiger partial charge in [-0.25, -0.2) is 0 Å². The second kappa shape index (κ2) is 4.46. The van der Waals surface area contributed by atoms with Crippen molar-refractivity contribution in [2.24, 2.45) is 0 Å². The Labute approximate surface area is 83.2 Å². The Hall–Kier alpha value is -1.77. The zero-order chi connectivity index (χ0) is 10.6. The Morgan fingerprint density at radius 2 is 2.29 bits per heavy atom. The molecule has 0 fully saturated rings. The molecular weight excluding hydrogens is 176 g/mol. The number of aromatic amines is 1.